The molecule has 208 valence electrons. The van der Waals surface area contributed by atoms with Gasteiger partial charge in [0.05, 0.1) is 30.7 Å². The summed E-state index contributed by atoms with van der Waals surface area (Å²) in [5.74, 6) is 0.836. The van der Waals surface area contributed by atoms with Crippen molar-refractivity contribution in [1.29, 1.82) is 0 Å². The van der Waals surface area contributed by atoms with Gasteiger partial charge < -0.3 is 14.4 Å². The van der Waals surface area contributed by atoms with E-state index in [-0.39, 0.29) is 57.8 Å². The molecule has 6 nitrogen and oxygen atoms in total. The van der Waals surface area contributed by atoms with Gasteiger partial charge in [0.2, 0.25) is 0 Å². The molecule has 0 bridgehead atoms. The lowest BCUT2D eigenvalue weighted by atomic mass is 9.34. The van der Waals surface area contributed by atoms with E-state index in [0.717, 1.165) is 62.7 Å². The normalized spacial score (nSPS) is 47.0. The minimum Gasteiger partial charge on any atom is -0.469 e. The first-order valence-corrected chi connectivity index (χ1v) is 14.6. The lowest BCUT2D eigenvalue weighted by Crippen LogP contribution is -2.66. The molecule has 6 heteroatoms. The molecule has 5 aliphatic rings. The van der Waals surface area contributed by atoms with Gasteiger partial charge in [0, 0.05) is 11.5 Å². The van der Waals surface area contributed by atoms with Crippen LogP contribution in [0.2, 0.25) is 0 Å². The zero-order valence-corrected chi connectivity index (χ0v) is 24.3. The summed E-state index contributed by atoms with van der Waals surface area (Å²) in [6.45, 7) is 13.7. The maximum Gasteiger partial charge on any atom is 0.312 e. The average molecular weight is 524 g/mol. The number of ether oxygens (including phenoxy) is 1. The molecular weight excluding hydrogens is 478 g/mol. The largest absolute Gasteiger partial charge is 0.469 e. The molecule has 0 aliphatic heterocycles. The van der Waals surface area contributed by atoms with Gasteiger partial charge in [0.25, 0.3) is 0 Å². The lowest BCUT2D eigenvalue weighted by molar-refractivity contribution is -0.191. The van der Waals surface area contributed by atoms with E-state index in [0.29, 0.717) is 0 Å². The molecule has 0 spiro atoms. The van der Waals surface area contributed by atoms with Crippen molar-refractivity contribution in [3.05, 3.63) is 29.2 Å². The van der Waals surface area contributed by atoms with Crippen LogP contribution in [-0.2, 0) is 26.2 Å². The zero-order chi connectivity index (χ0) is 27.5. The summed E-state index contributed by atoms with van der Waals surface area (Å²) < 4.78 is 11.2. The van der Waals surface area contributed by atoms with Gasteiger partial charge in [-0.1, -0.05) is 45.3 Å². The first-order valence-electron chi connectivity index (χ1n) is 14.6. The van der Waals surface area contributed by atoms with Gasteiger partial charge in [-0.25, -0.2) is 0 Å². The standard InChI is InChI=1S/C32H45NO5/c1-27(2)10-12-32(26(36)37-7)13-11-31(6)24(20(32)16-27)21(35)14-23-28(3)15-19-17-33-38-25(19)29(4,18-34)22(28)8-9-30(23,31)5/h14,17,20,22,24,34H,8-13,15-16,18H2,1-7H3/t20-,22?,24-,28-,29-,30+,31+,32-/m0/s1. The number of nitrogens with zero attached hydrogens (tertiary/aromatic N) is 1. The Balaban J connectivity index is 1.51. The Kier molecular flexibility index (Phi) is 5.41. The van der Waals surface area contributed by atoms with Crippen molar-refractivity contribution in [3.8, 4) is 0 Å². The van der Waals surface area contributed by atoms with Crippen LogP contribution in [0.4, 0.5) is 0 Å². The summed E-state index contributed by atoms with van der Waals surface area (Å²) in [6.07, 6.45) is 10.8. The van der Waals surface area contributed by atoms with E-state index in [4.69, 9.17) is 9.26 Å². The number of carbonyl (C=O) groups is 2. The molecule has 1 aromatic rings. The SMILES string of the molecule is COC(=O)[C@]12CCC(C)(C)C[C@H]1[C@H]1C(=O)C=C3[C@@]4(C)Cc5cnoc5[C@@](C)(CO)C4CC[C@@]3(C)[C@]1(C)CC2. The van der Waals surface area contributed by atoms with Gasteiger partial charge in [-0.3, -0.25) is 9.59 Å². The van der Waals surface area contributed by atoms with E-state index >= 15 is 0 Å². The number of hydrogen-bond acceptors (Lipinski definition) is 6. The second-order valence-corrected chi connectivity index (χ2v) is 15.3. The molecule has 0 radical (unpaired) electrons. The lowest BCUT2D eigenvalue weighted by Gasteiger charge is -2.69. The molecule has 3 saturated carbocycles. The first-order chi connectivity index (χ1) is 17.7. The maximum absolute atomic E-state index is 14.5. The average Bonchev–Trinajstić information content (AvgIpc) is 3.33. The second kappa shape index (κ2) is 7.83. The third-order valence-electron chi connectivity index (χ3n) is 13.1. The van der Waals surface area contributed by atoms with Gasteiger partial charge in [0.15, 0.2) is 5.78 Å². The molecule has 1 unspecified atom stereocenters. The third kappa shape index (κ3) is 2.96. The number of methoxy groups -OCH3 is 1. The van der Waals surface area contributed by atoms with Gasteiger partial charge in [0.1, 0.15) is 5.76 Å². The molecular formula is C32H45NO5. The molecule has 1 N–H and O–H groups in total. The van der Waals surface area contributed by atoms with Crippen molar-refractivity contribution >= 4 is 11.8 Å². The molecule has 6 rings (SSSR count). The van der Waals surface area contributed by atoms with Gasteiger partial charge in [-0.2, -0.15) is 0 Å². The van der Waals surface area contributed by atoms with Crippen LogP contribution in [0.15, 0.2) is 22.4 Å². The molecule has 0 saturated heterocycles. The summed E-state index contributed by atoms with van der Waals surface area (Å²) >= 11 is 0. The molecule has 5 aliphatic carbocycles. The van der Waals surface area contributed by atoms with Crippen LogP contribution in [0.25, 0.3) is 0 Å². The second-order valence-electron chi connectivity index (χ2n) is 15.3. The van der Waals surface area contributed by atoms with E-state index in [9.17, 15) is 14.7 Å². The topological polar surface area (TPSA) is 89.6 Å². The number of allylic oxidation sites excluding steroid dienone is 2. The number of carbonyl (C=O) groups excluding carboxylic acids is 2. The Bertz CT molecular complexity index is 1230. The minimum absolute atomic E-state index is 0.00785. The monoisotopic (exact) mass is 523 g/mol. The quantitative estimate of drug-likeness (QED) is 0.492. The van der Waals surface area contributed by atoms with Crippen molar-refractivity contribution in [2.75, 3.05) is 13.7 Å². The van der Waals surface area contributed by atoms with E-state index in [1.165, 1.54) is 12.7 Å². The maximum atomic E-state index is 14.5. The number of aliphatic hydroxyl groups excluding tert-OH is 1. The number of ketones is 1. The Hall–Kier alpha value is -1.95. The summed E-state index contributed by atoms with van der Waals surface area (Å²) in [4.78, 5) is 27.9. The van der Waals surface area contributed by atoms with Crippen molar-refractivity contribution in [1.82, 2.24) is 5.16 Å². The van der Waals surface area contributed by atoms with Crippen LogP contribution in [0.5, 0.6) is 0 Å². The van der Waals surface area contributed by atoms with Gasteiger partial charge >= 0.3 is 5.97 Å². The number of aromatic nitrogens is 1. The van der Waals surface area contributed by atoms with Crippen LogP contribution < -0.4 is 0 Å². The van der Waals surface area contributed by atoms with Crippen molar-refractivity contribution < 1.29 is 24.0 Å². The summed E-state index contributed by atoms with van der Waals surface area (Å²) in [6, 6.07) is 0. The van der Waals surface area contributed by atoms with Crippen LogP contribution in [0.3, 0.4) is 0 Å². The Morgan fingerprint density at radius 2 is 1.82 bits per heavy atom. The molecule has 1 aromatic heterocycles. The number of fused-ring (bicyclic) bond motifs is 8. The Morgan fingerprint density at radius 1 is 1.11 bits per heavy atom. The smallest absolute Gasteiger partial charge is 0.312 e. The van der Waals surface area contributed by atoms with E-state index in [1.54, 1.807) is 0 Å². The third-order valence-corrected chi connectivity index (χ3v) is 13.1. The zero-order valence-electron chi connectivity index (χ0n) is 24.3. The fraction of sp³-hybridized carbons (Fsp3) is 0.781. The number of esters is 1. The fourth-order valence-corrected chi connectivity index (χ4v) is 10.8. The van der Waals surface area contributed by atoms with Crippen LogP contribution in [-0.4, -0.2) is 35.7 Å². The predicted molar refractivity (Wildman–Crippen MR) is 143 cm³/mol. The molecule has 3 fully saturated rings. The number of rotatable bonds is 2. The number of hydrogen-bond donors (Lipinski definition) is 1. The molecule has 38 heavy (non-hydrogen) atoms. The van der Waals surface area contributed by atoms with E-state index < -0.39 is 10.8 Å². The van der Waals surface area contributed by atoms with Crippen LogP contribution in [0, 0.1) is 44.8 Å². The fourth-order valence-electron chi connectivity index (χ4n) is 10.8. The molecule has 8 atom stereocenters. The van der Waals surface area contributed by atoms with Crippen LogP contribution >= 0.6 is 0 Å². The minimum atomic E-state index is -0.565. The first kappa shape index (κ1) is 26.3. The van der Waals surface area contributed by atoms with E-state index in [2.05, 4.69) is 46.7 Å². The highest BCUT2D eigenvalue weighted by atomic mass is 16.5. The van der Waals surface area contributed by atoms with Crippen molar-refractivity contribution in [3.63, 3.8) is 0 Å². The van der Waals surface area contributed by atoms with Crippen molar-refractivity contribution in [2.24, 2.45) is 44.8 Å². The highest BCUT2D eigenvalue weighted by molar-refractivity contribution is 5.96. The molecule has 0 aromatic carbocycles. The summed E-state index contributed by atoms with van der Waals surface area (Å²) in [5.41, 5.74) is 0.576. The summed E-state index contributed by atoms with van der Waals surface area (Å²) in [5, 5.41) is 14.8. The highest BCUT2D eigenvalue weighted by Gasteiger charge is 2.71. The van der Waals surface area contributed by atoms with Crippen molar-refractivity contribution in [2.45, 2.75) is 98.3 Å². The Morgan fingerprint density at radius 3 is 2.50 bits per heavy atom. The molecule has 1 heterocycles. The summed E-state index contributed by atoms with van der Waals surface area (Å²) in [7, 11) is 1.51. The number of aliphatic hydroxyl groups is 1. The molecule has 0 amide bonds. The highest BCUT2D eigenvalue weighted by Crippen LogP contribution is 2.74. The van der Waals surface area contributed by atoms with E-state index in [1.807, 2.05) is 12.3 Å². The Labute approximate surface area is 226 Å². The van der Waals surface area contributed by atoms with Gasteiger partial charge in [-0.15, -0.1) is 0 Å². The van der Waals surface area contributed by atoms with Crippen LogP contribution in [0.1, 0.15) is 97.8 Å². The predicted octanol–water partition coefficient (Wildman–Crippen LogP) is 5.81. The van der Waals surface area contributed by atoms with Gasteiger partial charge in [-0.05, 0) is 97.9 Å².